The van der Waals surface area contributed by atoms with E-state index in [1.165, 1.54) is 11.1 Å². The molecule has 0 saturated carbocycles. The lowest BCUT2D eigenvalue weighted by Crippen LogP contribution is -2.00. The van der Waals surface area contributed by atoms with Crippen LogP contribution in [0.15, 0.2) is 39.4 Å². The van der Waals surface area contributed by atoms with Gasteiger partial charge in [0.2, 0.25) is 5.76 Å². The number of nitriles is 1. The zero-order valence-corrected chi connectivity index (χ0v) is 13.1. The highest BCUT2D eigenvalue weighted by Gasteiger charge is 2.14. The van der Waals surface area contributed by atoms with Crippen molar-refractivity contribution in [3.05, 3.63) is 51.8 Å². The van der Waals surface area contributed by atoms with E-state index >= 15 is 0 Å². The Labute approximate surface area is 135 Å². The van der Waals surface area contributed by atoms with Crippen LogP contribution in [0, 0.1) is 11.3 Å². The smallest absolute Gasteiger partial charge is 0.204 e. The summed E-state index contributed by atoms with van der Waals surface area (Å²) >= 11 is 3.54. The van der Waals surface area contributed by atoms with Gasteiger partial charge in [-0.3, -0.25) is 0 Å². The van der Waals surface area contributed by atoms with Crippen molar-refractivity contribution in [1.29, 1.82) is 5.26 Å². The summed E-state index contributed by atoms with van der Waals surface area (Å²) in [6.07, 6.45) is 1.62. The number of rotatable bonds is 2. The summed E-state index contributed by atoms with van der Waals surface area (Å²) in [5.74, 6) is 0.974. The minimum Gasteiger partial charge on any atom is -0.444 e. The lowest BCUT2D eigenvalue weighted by Gasteiger charge is -2.09. The molecule has 2 aromatic heterocycles. The van der Waals surface area contributed by atoms with Crippen molar-refractivity contribution in [1.82, 2.24) is 10.3 Å². The van der Waals surface area contributed by atoms with E-state index in [2.05, 4.69) is 43.7 Å². The minimum atomic E-state index is 0.276. The number of pyridine rings is 1. The number of anilines is 2. The van der Waals surface area contributed by atoms with Gasteiger partial charge in [-0.25, -0.2) is 4.98 Å². The van der Waals surface area contributed by atoms with Crippen LogP contribution < -0.4 is 10.6 Å². The molecule has 0 spiro atoms. The molecule has 0 radical (unpaired) electrons. The normalized spacial score (nSPS) is 13.1. The average Bonchev–Trinajstić information content (AvgIpc) is 3.16. The van der Waals surface area contributed by atoms with E-state index in [9.17, 15) is 0 Å². The highest BCUT2D eigenvalue weighted by molar-refractivity contribution is 9.10. The van der Waals surface area contributed by atoms with Crippen LogP contribution in [0.5, 0.6) is 0 Å². The number of halogens is 1. The van der Waals surface area contributed by atoms with Gasteiger partial charge in [0.05, 0.1) is 10.7 Å². The summed E-state index contributed by atoms with van der Waals surface area (Å²) in [5.41, 5.74) is 4.21. The number of hydrogen-bond acceptors (Lipinski definition) is 5. The second kappa shape index (κ2) is 5.13. The number of nitrogens with zero attached hydrogens (tertiary/aromatic N) is 2. The van der Waals surface area contributed by atoms with Crippen LogP contribution in [0.1, 0.15) is 16.9 Å². The van der Waals surface area contributed by atoms with Crippen LogP contribution in [0.25, 0.3) is 11.0 Å². The van der Waals surface area contributed by atoms with Crippen LogP contribution in [0.4, 0.5) is 11.5 Å². The van der Waals surface area contributed by atoms with Crippen molar-refractivity contribution < 1.29 is 4.42 Å². The molecular weight excluding hydrogens is 344 g/mol. The fourth-order valence-electron chi connectivity index (χ4n) is 2.63. The van der Waals surface area contributed by atoms with Gasteiger partial charge in [0.15, 0.2) is 5.58 Å². The molecule has 3 heterocycles. The van der Waals surface area contributed by atoms with Gasteiger partial charge in [-0.2, -0.15) is 5.26 Å². The summed E-state index contributed by atoms with van der Waals surface area (Å²) in [6.45, 7) is 1.82. The number of furan rings is 1. The van der Waals surface area contributed by atoms with Gasteiger partial charge < -0.3 is 15.1 Å². The lowest BCUT2D eigenvalue weighted by molar-refractivity contribution is 0.598. The Morgan fingerprint density at radius 2 is 2.14 bits per heavy atom. The van der Waals surface area contributed by atoms with Gasteiger partial charge in [-0.1, -0.05) is 6.07 Å². The molecular formula is C16H11BrN4O. The zero-order chi connectivity index (χ0) is 15.1. The van der Waals surface area contributed by atoms with Crippen LogP contribution in [-0.4, -0.2) is 4.98 Å². The SMILES string of the molecule is N#Cc1cc2c(Br)c(Nc3ccc4c(c3)CNC4)ncc2o1. The Hall–Kier alpha value is -2.36. The molecule has 0 unspecified atom stereocenters. The third kappa shape index (κ3) is 2.15. The van der Waals surface area contributed by atoms with Gasteiger partial charge in [0.1, 0.15) is 11.9 Å². The average molecular weight is 355 g/mol. The largest absolute Gasteiger partial charge is 0.444 e. The van der Waals surface area contributed by atoms with Gasteiger partial charge in [0.25, 0.3) is 0 Å². The number of nitrogens with one attached hydrogen (secondary N) is 2. The predicted molar refractivity (Wildman–Crippen MR) is 86.7 cm³/mol. The monoisotopic (exact) mass is 354 g/mol. The molecule has 0 bridgehead atoms. The van der Waals surface area contributed by atoms with E-state index in [0.717, 1.165) is 28.6 Å². The molecule has 0 aliphatic carbocycles. The highest BCUT2D eigenvalue weighted by atomic mass is 79.9. The van der Waals surface area contributed by atoms with E-state index in [-0.39, 0.29) is 5.76 Å². The molecule has 0 fully saturated rings. The molecule has 2 N–H and O–H groups in total. The maximum absolute atomic E-state index is 8.92. The van der Waals surface area contributed by atoms with E-state index in [1.807, 2.05) is 12.1 Å². The van der Waals surface area contributed by atoms with Crippen molar-refractivity contribution in [2.45, 2.75) is 13.1 Å². The van der Waals surface area contributed by atoms with E-state index in [4.69, 9.17) is 9.68 Å². The molecule has 3 aromatic rings. The Balaban J connectivity index is 1.72. The van der Waals surface area contributed by atoms with E-state index < -0.39 is 0 Å². The lowest BCUT2D eigenvalue weighted by atomic mass is 10.1. The molecule has 6 heteroatoms. The second-order valence-corrected chi connectivity index (χ2v) is 5.93. The molecule has 1 aliphatic heterocycles. The Kier molecular flexibility index (Phi) is 3.10. The van der Waals surface area contributed by atoms with Crippen molar-refractivity contribution in [3.8, 4) is 6.07 Å². The Bertz CT molecular complexity index is 926. The van der Waals surface area contributed by atoms with E-state index in [0.29, 0.717) is 11.4 Å². The first-order valence-corrected chi connectivity index (χ1v) is 7.61. The van der Waals surface area contributed by atoms with E-state index in [1.54, 1.807) is 12.3 Å². The molecule has 0 atom stereocenters. The predicted octanol–water partition coefficient (Wildman–Crippen LogP) is 3.81. The van der Waals surface area contributed by atoms with Crippen LogP contribution in [0.2, 0.25) is 0 Å². The van der Waals surface area contributed by atoms with Crippen molar-refractivity contribution in [2.75, 3.05) is 5.32 Å². The Morgan fingerprint density at radius 3 is 3.00 bits per heavy atom. The van der Waals surface area contributed by atoms with Crippen LogP contribution in [0.3, 0.4) is 0 Å². The van der Waals surface area contributed by atoms with Crippen LogP contribution >= 0.6 is 15.9 Å². The topological polar surface area (TPSA) is 73.9 Å². The molecule has 0 saturated heterocycles. The molecule has 0 amide bonds. The number of aromatic nitrogens is 1. The standard InChI is InChI=1S/C16H11BrN4O/c17-15-13-4-12(5-18)22-14(13)8-20-16(15)21-11-2-1-9-6-19-7-10(9)3-11/h1-4,8,19H,6-7H2,(H,20,21). The third-order valence-corrected chi connectivity index (χ3v) is 4.53. The maximum atomic E-state index is 8.92. The fraction of sp³-hybridized carbons (Fsp3) is 0.125. The Morgan fingerprint density at radius 1 is 1.27 bits per heavy atom. The first kappa shape index (κ1) is 13.3. The molecule has 4 rings (SSSR count). The van der Waals surface area contributed by atoms with Gasteiger partial charge >= 0.3 is 0 Å². The van der Waals surface area contributed by atoms with Gasteiger partial charge in [-0.15, -0.1) is 0 Å². The zero-order valence-electron chi connectivity index (χ0n) is 11.5. The number of benzene rings is 1. The molecule has 22 heavy (non-hydrogen) atoms. The quantitative estimate of drug-likeness (QED) is 0.731. The van der Waals surface area contributed by atoms with Gasteiger partial charge in [-0.05, 0) is 39.2 Å². The first-order valence-electron chi connectivity index (χ1n) is 6.82. The summed E-state index contributed by atoms with van der Waals surface area (Å²) in [6, 6.07) is 10.00. The fourth-order valence-corrected chi connectivity index (χ4v) is 3.14. The minimum absolute atomic E-state index is 0.276. The van der Waals surface area contributed by atoms with Crippen LogP contribution in [-0.2, 0) is 13.1 Å². The summed E-state index contributed by atoms with van der Waals surface area (Å²) in [5, 5.41) is 16.4. The number of hydrogen-bond donors (Lipinski definition) is 2. The molecule has 108 valence electrons. The molecule has 1 aromatic carbocycles. The van der Waals surface area contributed by atoms with Crippen molar-refractivity contribution in [3.63, 3.8) is 0 Å². The molecule has 1 aliphatic rings. The number of fused-ring (bicyclic) bond motifs is 2. The van der Waals surface area contributed by atoms with Crippen molar-refractivity contribution >= 4 is 38.4 Å². The third-order valence-electron chi connectivity index (χ3n) is 3.73. The first-order chi connectivity index (χ1) is 10.7. The highest BCUT2D eigenvalue weighted by Crippen LogP contribution is 2.33. The second-order valence-electron chi connectivity index (χ2n) is 5.13. The molecule has 5 nitrogen and oxygen atoms in total. The van der Waals surface area contributed by atoms with Crippen molar-refractivity contribution in [2.24, 2.45) is 0 Å². The maximum Gasteiger partial charge on any atom is 0.204 e. The van der Waals surface area contributed by atoms with Gasteiger partial charge in [0, 0.05) is 30.2 Å². The summed E-state index contributed by atoms with van der Waals surface area (Å²) in [7, 11) is 0. The summed E-state index contributed by atoms with van der Waals surface area (Å²) in [4.78, 5) is 4.37. The summed E-state index contributed by atoms with van der Waals surface area (Å²) < 4.78 is 6.16.